The number of ether oxygens (including phenoxy) is 3. The van der Waals surface area contributed by atoms with Crippen molar-refractivity contribution in [1.82, 2.24) is 9.88 Å². The molecule has 2 N–H and O–H groups in total. The summed E-state index contributed by atoms with van der Waals surface area (Å²) in [5.41, 5.74) is -0.569. The highest BCUT2D eigenvalue weighted by molar-refractivity contribution is 5.94. The molecule has 5 rings (SSSR count). The SMILES string of the molecule is CC1CN(c2c(F)cc3c(=O)c(OC(=O)O)cn4c3c2OC(C(C)(C)CCCOc2ccccc2)=C4)CCN1. The zero-order valence-electron chi connectivity index (χ0n) is 22.2. The summed E-state index contributed by atoms with van der Waals surface area (Å²) in [4.78, 5) is 26.3. The Balaban J connectivity index is 1.53. The molecule has 39 heavy (non-hydrogen) atoms. The Kier molecular flexibility index (Phi) is 7.22. The molecule has 10 heteroatoms. The molecule has 1 fully saturated rings. The Labute approximate surface area is 225 Å². The highest BCUT2D eigenvalue weighted by Crippen LogP contribution is 2.46. The fourth-order valence-electron chi connectivity index (χ4n) is 5.13. The van der Waals surface area contributed by atoms with Gasteiger partial charge in [-0.2, -0.15) is 0 Å². The van der Waals surface area contributed by atoms with E-state index in [4.69, 9.17) is 19.3 Å². The van der Waals surface area contributed by atoms with Crippen LogP contribution in [0.1, 0.15) is 33.6 Å². The number of piperazine rings is 1. The van der Waals surface area contributed by atoms with Crippen molar-refractivity contribution in [2.45, 2.75) is 39.7 Å². The molecule has 0 radical (unpaired) electrons. The fourth-order valence-corrected chi connectivity index (χ4v) is 5.13. The van der Waals surface area contributed by atoms with Crippen molar-refractivity contribution >= 4 is 28.9 Å². The Morgan fingerprint density at radius 3 is 2.77 bits per heavy atom. The molecule has 9 nitrogen and oxygen atoms in total. The number of hydrogen-bond acceptors (Lipinski definition) is 7. The molecule has 1 saturated heterocycles. The van der Waals surface area contributed by atoms with E-state index < -0.39 is 28.6 Å². The van der Waals surface area contributed by atoms with Crippen LogP contribution in [0.5, 0.6) is 17.2 Å². The van der Waals surface area contributed by atoms with Crippen LogP contribution < -0.4 is 29.9 Å². The van der Waals surface area contributed by atoms with E-state index in [1.165, 1.54) is 6.20 Å². The molecule has 0 bridgehead atoms. The first-order valence-corrected chi connectivity index (χ1v) is 13.0. The first-order chi connectivity index (χ1) is 18.6. The van der Waals surface area contributed by atoms with E-state index in [0.29, 0.717) is 43.9 Å². The maximum Gasteiger partial charge on any atom is 0.511 e. The van der Waals surface area contributed by atoms with E-state index in [9.17, 15) is 9.59 Å². The van der Waals surface area contributed by atoms with Crippen molar-refractivity contribution in [3.05, 3.63) is 64.4 Å². The summed E-state index contributed by atoms with van der Waals surface area (Å²) in [6.07, 6.45) is 2.83. The molecule has 0 amide bonds. The van der Waals surface area contributed by atoms with E-state index in [1.54, 1.807) is 10.8 Å². The molecular formula is C29H32FN3O6. The normalized spacial score (nSPS) is 17.0. The quantitative estimate of drug-likeness (QED) is 0.303. The number of benzene rings is 2. The Morgan fingerprint density at radius 1 is 1.28 bits per heavy atom. The van der Waals surface area contributed by atoms with Crippen molar-refractivity contribution in [3.8, 4) is 17.2 Å². The fraction of sp³-hybridized carbons (Fsp3) is 0.379. The molecule has 2 aliphatic rings. The maximum absolute atomic E-state index is 15.8. The van der Waals surface area contributed by atoms with Gasteiger partial charge in [-0.3, -0.25) is 4.79 Å². The summed E-state index contributed by atoms with van der Waals surface area (Å²) < 4.78 is 34.4. The van der Waals surface area contributed by atoms with Crippen LogP contribution in [-0.4, -0.2) is 48.1 Å². The van der Waals surface area contributed by atoms with Gasteiger partial charge in [0.15, 0.2) is 17.3 Å². The summed E-state index contributed by atoms with van der Waals surface area (Å²) >= 11 is 0. The Bertz CT molecular complexity index is 1480. The number of pyridine rings is 1. The van der Waals surface area contributed by atoms with Crippen LogP contribution in [0.4, 0.5) is 14.9 Å². The van der Waals surface area contributed by atoms with Crippen LogP contribution >= 0.6 is 0 Å². The van der Waals surface area contributed by atoms with Crippen LogP contribution in [0, 0.1) is 11.2 Å². The first kappa shape index (κ1) is 26.6. The minimum Gasteiger partial charge on any atom is -0.494 e. The van der Waals surface area contributed by atoms with Gasteiger partial charge >= 0.3 is 6.16 Å². The molecule has 3 aromatic rings. The molecule has 206 valence electrons. The highest BCUT2D eigenvalue weighted by Gasteiger charge is 2.34. The number of carboxylic acid groups (broad SMARTS) is 1. The molecule has 0 spiro atoms. The second kappa shape index (κ2) is 10.6. The van der Waals surface area contributed by atoms with Gasteiger partial charge in [-0.05, 0) is 38.0 Å². The highest BCUT2D eigenvalue weighted by atomic mass is 19.1. The van der Waals surface area contributed by atoms with E-state index >= 15 is 4.39 Å². The van der Waals surface area contributed by atoms with E-state index in [-0.39, 0.29) is 22.9 Å². The third-order valence-corrected chi connectivity index (χ3v) is 7.14. The van der Waals surface area contributed by atoms with Gasteiger partial charge in [0.05, 0.1) is 18.2 Å². The largest absolute Gasteiger partial charge is 0.511 e. The van der Waals surface area contributed by atoms with E-state index in [1.807, 2.05) is 56.0 Å². The van der Waals surface area contributed by atoms with E-state index in [2.05, 4.69) is 5.32 Å². The van der Waals surface area contributed by atoms with Gasteiger partial charge in [0, 0.05) is 37.3 Å². The molecule has 1 atom stereocenters. The number of hydrogen-bond donors (Lipinski definition) is 2. The van der Waals surface area contributed by atoms with Crippen molar-refractivity contribution in [2.75, 3.05) is 31.1 Å². The first-order valence-electron chi connectivity index (χ1n) is 13.0. The lowest BCUT2D eigenvalue weighted by Crippen LogP contribution is -2.49. The standard InChI is InChI=1S/C29H32FN3O6/c1-18-15-32(12-11-31-18)25-21(30)14-20-24-27(25)39-23(17-33(24)16-22(26(20)34)38-28(35)36)29(2,3)10-7-13-37-19-8-5-4-6-9-19/h4-6,8-9,14,16-18,31H,7,10-13,15H2,1-3H3,(H,35,36). The van der Waals surface area contributed by atoms with Gasteiger partial charge in [-0.25, -0.2) is 9.18 Å². The Morgan fingerprint density at radius 2 is 2.05 bits per heavy atom. The van der Waals surface area contributed by atoms with Gasteiger partial charge < -0.3 is 34.1 Å². The van der Waals surface area contributed by atoms with Crippen molar-refractivity contribution < 1.29 is 28.5 Å². The number of rotatable bonds is 8. The second-order valence-corrected chi connectivity index (χ2v) is 10.6. The molecular weight excluding hydrogens is 505 g/mol. The Hall–Kier alpha value is -4.05. The zero-order valence-corrected chi connectivity index (χ0v) is 22.2. The number of halogens is 1. The summed E-state index contributed by atoms with van der Waals surface area (Å²) in [7, 11) is 0. The molecule has 1 unspecified atom stereocenters. The number of anilines is 1. The molecule has 3 heterocycles. The van der Waals surface area contributed by atoms with Crippen LogP contribution in [0.15, 0.2) is 53.1 Å². The average molecular weight is 538 g/mol. The van der Waals surface area contributed by atoms with E-state index in [0.717, 1.165) is 18.2 Å². The zero-order chi connectivity index (χ0) is 27.7. The van der Waals surface area contributed by atoms with Gasteiger partial charge in [-0.15, -0.1) is 0 Å². The van der Waals surface area contributed by atoms with Crippen molar-refractivity contribution in [2.24, 2.45) is 5.41 Å². The lowest BCUT2D eigenvalue weighted by Gasteiger charge is -2.37. The molecule has 0 aliphatic carbocycles. The summed E-state index contributed by atoms with van der Waals surface area (Å²) in [6, 6.07) is 10.8. The molecule has 2 aliphatic heterocycles. The minimum atomic E-state index is -1.62. The topological polar surface area (TPSA) is 102 Å². The lowest BCUT2D eigenvalue weighted by molar-refractivity contribution is 0.144. The number of carbonyl (C=O) groups is 1. The minimum absolute atomic E-state index is 0.0162. The average Bonchev–Trinajstić information content (AvgIpc) is 2.89. The third kappa shape index (κ3) is 5.42. The van der Waals surface area contributed by atoms with Gasteiger partial charge in [0.2, 0.25) is 5.43 Å². The monoisotopic (exact) mass is 537 g/mol. The maximum atomic E-state index is 15.8. The molecule has 1 aromatic heterocycles. The lowest BCUT2D eigenvalue weighted by atomic mass is 9.85. The number of nitrogens with zero attached hydrogens (tertiary/aromatic N) is 2. The predicted molar refractivity (Wildman–Crippen MR) is 146 cm³/mol. The van der Waals surface area contributed by atoms with Crippen molar-refractivity contribution in [3.63, 3.8) is 0 Å². The number of para-hydroxylation sites is 1. The van der Waals surface area contributed by atoms with Gasteiger partial charge in [0.25, 0.3) is 0 Å². The molecule has 2 aromatic carbocycles. The summed E-state index contributed by atoms with van der Waals surface area (Å²) in [5.74, 6) is 0.568. The van der Waals surface area contributed by atoms with Crippen LogP contribution in [0.2, 0.25) is 0 Å². The summed E-state index contributed by atoms with van der Waals surface area (Å²) in [6.45, 7) is 8.37. The number of nitrogens with one attached hydrogen (secondary N) is 1. The van der Waals surface area contributed by atoms with Crippen LogP contribution in [-0.2, 0) is 0 Å². The van der Waals surface area contributed by atoms with Gasteiger partial charge in [0.1, 0.15) is 22.7 Å². The van der Waals surface area contributed by atoms with Crippen LogP contribution in [0.25, 0.3) is 17.1 Å². The van der Waals surface area contributed by atoms with Crippen molar-refractivity contribution in [1.29, 1.82) is 0 Å². The predicted octanol–water partition coefficient (Wildman–Crippen LogP) is 5.07. The van der Waals surface area contributed by atoms with Gasteiger partial charge in [-0.1, -0.05) is 32.0 Å². The second-order valence-electron chi connectivity index (χ2n) is 10.6. The molecule has 0 saturated carbocycles. The number of aromatic nitrogens is 1. The number of allylic oxidation sites excluding steroid dienone is 1. The third-order valence-electron chi connectivity index (χ3n) is 7.14. The summed E-state index contributed by atoms with van der Waals surface area (Å²) in [5, 5.41) is 12.5. The smallest absolute Gasteiger partial charge is 0.494 e. The van der Waals surface area contributed by atoms with Crippen LogP contribution in [0.3, 0.4) is 0 Å².